The number of fused-ring (bicyclic) bond motifs is 1. The molecule has 0 aliphatic carbocycles. The molecule has 2 atom stereocenters. The number of imidazole rings is 1. The number of nitrogens with one attached hydrogen (secondary N) is 1. The van der Waals surface area contributed by atoms with Gasteiger partial charge in [-0.15, -0.1) is 0 Å². The monoisotopic (exact) mass is 439 g/mol. The fourth-order valence-electron chi connectivity index (χ4n) is 4.56. The van der Waals surface area contributed by atoms with Crippen LogP contribution in [0.5, 0.6) is 0 Å². The van der Waals surface area contributed by atoms with Crippen LogP contribution in [0.1, 0.15) is 41.6 Å². The van der Waals surface area contributed by atoms with Crippen molar-refractivity contribution >= 4 is 17.4 Å². The molecule has 1 fully saturated rings. The lowest BCUT2D eigenvalue weighted by molar-refractivity contribution is -0.138. The summed E-state index contributed by atoms with van der Waals surface area (Å²) in [6, 6.07) is 9.15. The van der Waals surface area contributed by atoms with Crippen molar-refractivity contribution in [1.29, 1.82) is 0 Å². The van der Waals surface area contributed by atoms with E-state index < -0.39 is 11.7 Å². The van der Waals surface area contributed by atoms with Crippen molar-refractivity contribution < 1.29 is 18.0 Å². The molecule has 1 aromatic carbocycles. The lowest BCUT2D eigenvalue weighted by Crippen LogP contribution is -2.35. The van der Waals surface area contributed by atoms with E-state index in [1.165, 1.54) is 6.07 Å². The lowest BCUT2D eigenvalue weighted by Gasteiger charge is -2.37. The third kappa shape index (κ3) is 3.63. The lowest BCUT2D eigenvalue weighted by atomic mass is 9.82. The van der Waals surface area contributed by atoms with Gasteiger partial charge in [0.1, 0.15) is 0 Å². The Hall–Kier alpha value is -3.62. The molecule has 1 aliphatic rings. The highest BCUT2D eigenvalue weighted by Crippen LogP contribution is 2.43. The van der Waals surface area contributed by atoms with Crippen molar-refractivity contribution in [2.45, 2.75) is 31.0 Å². The fraction of sp³-hybridized carbons (Fsp3) is 0.261. The van der Waals surface area contributed by atoms with E-state index in [1.54, 1.807) is 35.8 Å². The van der Waals surface area contributed by atoms with Gasteiger partial charge in [-0.1, -0.05) is 18.2 Å². The number of H-pyrrole nitrogens is 1. The van der Waals surface area contributed by atoms with E-state index in [4.69, 9.17) is 0 Å². The molecule has 4 aromatic rings. The second kappa shape index (κ2) is 7.81. The van der Waals surface area contributed by atoms with Gasteiger partial charge in [0.2, 0.25) is 6.41 Å². The molecule has 164 valence electrons. The van der Waals surface area contributed by atoms with Crippen LogP contribution in [0.4, 0.5) is 13.2 Å². The standard InChI is InChI=1S/C23H20F3N5O/c24-23(25,26)18-4-2-1-3-17(18)15-5-7-31(14-32)22(9-15)21-11-19-20(29-21)10-16(12-28-19)30-8-6-27-13-30/h1-4,6,8,10-15,22,29H,5,7,9H2. The van der Waals surface area contributed by atoms with Crippen LogP contribution in [0.25, 0.3) is 16.7 Å². The number of alkyl halides is 3. The first kappa shape index (κ1) is 20.3. The molecule has 3 aromatic heterocycles. The number of halogens is 3. The first-order valence-corrected chi connectivity index (χ1v) is 10.3. The van der Waals surface area contributed by atoms with Crippen LogP contribution in [0.2, 0.25) is 0 Å². The van der Waals surface area contributed by atoms with Crippen LogP contribution in [-0.4, -0.2) is 37.4 Å². The predicted molar refractivity (Wildman–Crippen MR) is 112 cm³/mol. The van der Waals surface area contributed by atoms with Crippen molar-refractivity contribution in [2.24, 2.45) is 0 Å². The Morgan fingerprint density at radius 3 is 2.78 bits per heavy atom. The van der Waals surface area contributed by atoms with Crippen LogP contribution < -0.4 is 0 Å². The molecule has 1 saturated heterocycles. The van der Waals surface area contributed by atoms with Crippen molar-refractivity contribution in [1.82, 2.24) is 24.4 Å². The highest BCUT2D eigenvalue weighted by atomic mass is 19.4. The Morgan fingerprint density at radius 1 is 1.19 bits per heavy atom. The summed E-state index contributed by atoms with van der Waals surface area (Å²) in [6.07, 6.45) is 4.11. The van der Waals surface area contributed by atoms with Gasteiger partial charge in [-0.2, -0.15) is 13.2 Å². The number of piperidine rings is 1. The minimum Gasteiger partial charge on any atom is -0.355 e. The highest BCUT2D eigenvalue weighted by Gasteiger charge is 2.38. The van der Waals surface area contributed by atoms with Crippen molar-refractivity contribution in [3.63, 3.8) is 0 Å². The van der Waals surface area contributed by atoms with Crippen LogP contribution in [0.3, 0.4) is 0 Å². The molecule has 1 aliphatic heterocycles. The number of carbonyl (C=O) groups excluding carboxylic acids is 1. The average molecular weight is 439 g/mol. The maximum absolute atomic E-state index is 13.6. The maximum atomic E-state index is 13.6. The van der Waals surface area contributed by atoms with Gasteiger partial charge >= 0.3 is 6.18 Å². The first-order valence-electron chi connectivity index (χ1n) is 10.3. The second-order valence-corrected chi connectivity index (χ2v) is 7.99. The van der Waals surface area contributed by atoms with Crippen molar-refractivity contribution in [2.75, 3.05) is 6.54 Å². The summed E-state index contributed by atoms with van der Waals surface area (Å²) < 4.78 is 42.5. The SMILES string of the molecule is O=CN1CCC(c2ccccc2C(F)(F)F)CC1c1cc2ncc(-n3ccnc3)cc2[nH]1. The topological polar surface area (TPSA) is 66.8 Å². The summed E-state index contributed by atoms with van der Waals surface area (Å²) in [6.45, 7) is 0.383. The van der Waals surface area contributed by atoms with E-state index in [1.807, 2.05) is 22.9 Å². The number of amides is 1. The van der Waals surface area contributed by atoms with E-state index in [-0.39, 0.29) is 17.5 Å². The number of carbonyl (C=O) groups is 1. The number of hydrogen-bond acceptors (Lipinski definition) is 3. The highest BCUT2D eigenvalue weighted by molar-refractivity contribution is 5.78. The Bertz CT molecular complexity index is 1250. The molecule has 1 amide bonds. The quantitative estimate of drug-likeness (QED) is 0.463. The van der Waals surface area contributed by atoms with E-state index in [9.17, 15) is 18.0 Å². The summed E-state index contributed by atoms with van der Waals surface area (Å²) in [7, 11) is 0. The van der Waals surface area contributed by atoms with Gasteiger partial charge in [0.25, 0.3) is 0 Å². The normalized spacial score (nSPS) is 19.4. The van der Waals surface area contributed by atoms with E-state index in [2.05, 4.69) is 15.0 Å². The van der Waals surface area contributed by atoms with E-state index >= 15 is 0 Å². The number of nitrogens with zero attached hydrogens (tertiary/aromatic N) is 4. The van der Waals surface area contributed by atoms with Crippen molar-refractivity contribution in [3.05, 3.63) is 78.1 Å². The zero-order chi connectivity index (χ0) is 22.3. The molecule has 9 heteroatoms. The first-order chi connectivity index (χ1) is 15.4. The molecule has 4 heterocycles. The van der Waals surface area contributed by atoms with Gasteiger partial charge < -0.3 is 14.5 Å². The minimum absolute atomic E-state index is 0.284. The summed E-state index contributed by atoms with van der Waals surface area (Å²) >= 11 is 0. The van der Waals surface area contributed by atoms with Gasteiger partial charge in [-0.05, 0) is 42.5 Å². The van der Waals surface area contributed by atoms with E-state index in [0.717, 1.165) is 34.9 Å². The molecule has 32 heavy (non-hydrogen) atoms. The summed E-state index contributed by atoms with van der Waals surface area (Å²) in [5, 5.41) is 0. The van der Waals surface area contributed by atoms with E-state index in [0.29, 0.717) is 19.4 Å². The minimum atomic E-state index is -4.41. The molecule has 2 unspecified atom stereocenters. The van der Waals surface area contributed by atoms with Crippen LogP contribution in [0, 0.1) is 0 Å². The van der Waals surface area contributed by atoms with Crippen LogP contribution >= 0.6 is 0 Å². The molecule has 0 spiro atoms. The zero-order valence-electron chi connectivity index (χ0n) is 17.0. The molecule has 0 radical (unpaired) electrons. The second-order valence-electron chi connectivity index (χ2n) is 7.99. The molecular formula is C23H20F3N5O. The summed E-state index contributed by atoms with van der Waals surface area (Å²) in [5.74, 6) is -0.310. The number of hydrogen-bond donors (Lipinski definition) is 1. The van der Waals surface area contributed by atoms with Crippen LogP contribution in [-0.2, 0) is 11.0 Å². The largest absolute Gasteiger partial charge is 0.416 e. The molecule has 0 bridgehead atoms. The Morgan fingerprint density at radius 2 is 2.03 bits per heavy atom. The van der Waals surface area contributed by atoms with Crippen LogP contribution in [0.15, 0.2) is 61.3 Å². The Balaban J connectivity index is 1.49. The predicted octanol–water partition coefficient (Wildman–Crippen LogP) is 4.84. The van der Waals surface area contributed by atoms with Crippen molar-refractivity contribution in [3.8, 4) is 5.69 Å². The Labute approximate surface area is 181 Å². The molecular weight excluding hydrogens is 419 g/mol. The van der Waals surface area contributed by atoms with Gasteiger partial charge in [0.15, 0.2) is 0 Å². The molecule has 0 saturated carbocycles. The number of aromatic amines is 1. The smallest absolute Gasteiger partial charge is 0.355 e. The third-order valence-corrected chi connectivity index (χ3v) is 6.12. The molecule has 5 rings (SSSR count). The Kier molecular flexibility index (Phi) is 4.96. The number of likely N-dealkylation sites (tertiary alicyclic amines) is 1. The maximum Gasteiger partial charge on any atom is 0.416 e. The third-order valence-electron chi connectivity index (χ3n) is 6.12. The summed E-state index contributed by atoms with van der Waals surface area (Å²) in [4.78, 5) is 25.3. The number of benzene rings is 1. The number of aromatic nitrogens is 4. The van der Waals surface area contributed by atoms with Gasteiger partial charge in [-0.3, -0.25) is 9.78 Å². The van der Waals surface area contributed by atoms with Gasteiger partial charge in [-0.25, -0.2) is 4.98 Å². The number of rotatable bonds is 4. The number of pyridine rings is 1. The zero-order valence-corrected chi connectivity index (χ0v) is 17.0. The van der Waals surface area contributed by atoms with Gasteiger partial charge in [0, 0.05) is 24.6 Å². The van der Waals surface area contributed by atoms with Gasteiger partial charge in [0.05, 0.1) is 40.9 Å². The average Bonchev–Trinajstić information content (AvgIpc) is 3.47. The molecule has 1 N–H and O–H groups in total. The summed E-state index contributed by atoms with van der Waals surface area (Å²) in [5.41, 5.74) is 2.79. The fourth-order valence-corrected chi connectivity index (χ4v) is 4.56. The molecule has 6 nitrogen and oxygen atoms in total.